The highest BCUT2D eigenvalue weighted by molar-refractivity contribution is 5.41. The van der Waals surface area contributed by atoms with Crippen molar-refractivity contribution in [3.8, 4) is 5.75 Å². The van der Waals surface area contributed by atoms with Gasteiger partial charge >= 0.3 is 0 Å². The van der Waals surface area contributed by atoms with Crippen molar-refractivity contribution in [1.29, 1.82) is 0 Å². The molecule has 2 N–H and O–H groups in total. The summed E-state index contributed by atoms with van der Waals surface area (Å²) >= 11 is 0. The maximum absolute atomic E-state index is 6.15. The van der Waals surface area contributed by atoms with Crippen LogP contribution >= 0.6 is 0 Å². The van der Waals surface area contributed by atoms with Gasteiger partial charge in [0.05, 0.1) is 6.61 Å². The molecule has 0 saturated heterocycles. The Morgan fingerprint density at radius 3 is 3.00 bits per heavy atom. The number of imidazole rings is 1. The first-order valence-electron chi connectivity index (χ1n) is 7.14. The zero-order chi connectivity index (χ0) is 14.0. The zero-order valence-electron chi connectivity index (χ0n) is 11.9. The van der Waals surface area contributed by atoms with Gasteiger partial charge in [-0.2, -0.15) is 0 Å². The van der Waals surface area contributed by atoms with Gasteiger partial charge < -0.3 is 15.0 Å². The molecular formula is C16H21N3O. The van der Waals surface area contributed by atoms with Crippen LogP contribution in [0.4, 0.5) is 0 Å². The molecule has 1 aromatic carbocycles. The first-order valence-corrected chi connectivity index (χ1v) is 7.14. The van der Waals surface area contributed by atoms with Crippen molar-refractivity contribution in [2.75, 3.05) is 13.2 Å². The summed E-state index contributed by atoms with van der Waals surface area (Å²) in [7, 11) is 2.04. The highest BCUT2D eigenvalue weighted by atomic mass is 16.5. The molecule has 0 fully saturated rings. The highest BCUT2D eigenvalue weighted by Gasteiger charge is 2.36. The van der Waals surface area contributed by atoms with Crippen molar-refractivity contribution in [3.05, 3.63) is 48.0 Å². The standard InChI is InChI=1S/C16H21N3O/c1-19-10-9-18-15(19)6-7-16(12-17)8-11-20-14-5-3-2-4-13(14)16/h2-5,9-10H,6-8,11-12,17H2,1H3. The van der Waals surface area contributed by atoms with Crippen LogP contribution in [0.5, 0.6) is 5.75 Å². The quantitative estimate of drug-likeness (QED) is 0.925. The van der Waals surface area contributed by atoms with E-state index in [0.29, 0.717) is 6.54 Å². The van der Waals surface area contributed by atoms with Crippen LogP contribution in [0.1, 0.15) is 24.2 Å². The molecule has 1 aliphatic rings. The lowest BCUT2D eigenvalue weighted by Gasteiger charge is -2.38. The number of ether oxygens (including phenoxy) is 1. The summed E-state index contributed by atoms with van der Waals surface area (Å²) in [5.41, 5.74) is 7.42. The Labute approximate surface area is 119 Å². The fraction of sp³-hybridized carbons (Fsp3) is 0.438. The van der Waals surface area contributed by atoms with Gasteiger partial charge in [-0.3, -0.25) is 0 Å². The minimum atomic E-state index is 0.0147. The van der Waals surface area contributed by atoms with E-state index in [9.17, 15) is 0 Å². The topological polar surface area (TPSA) is 53.1 Å². The summed E-state index contributed by atoms with van der Waals surface area (Å²) in [4.78, 5) is 4.41. The number of benzene rings is 1. The third kappa shape index (κ3) is 2.20. The number of aryl methyl sites for hydroxylation is 2. The van der Waals surface area contributed by atoms with Crippen LogP contribution in [0.2, 0.25) is 0 Å². The van der Waals surface area contributed by atoms with Gasteiger partial charge in [-0.1, -0.05) is 18.2 Å². The number of aromatic nitrogens is 2. The molecule has 3 rings (SSSR count). The summed E-state index contributed by atoms with van der Waals surface area (Å²) < 4.78 is 7.84. The van der Waals surface area contributed by atoms with E-state index in [-0.39, 0.29) is 5.41 Å². The number of hydrogen-bond donors (Lipinski definition) is 1. The van der Waals surface area contributed by atoms with Gasteiger partial charge in [0.2, 0.25) is 0 Å². The summed E-state index contributed by atoms with van der Waals surface area (Å²) in [6.07, 6.45) is 6.76. The van der Waals surface area contributed by atoms with Crippen LogP contribution in [0.25, 0.3) is 0 Å². The molecule has 1 aliphatic heterocycles. The summed E-state index contributed by atoms with van der Waals surface area (Å²) in [6.45, 7) is 1.40. The average molecular weight is 271 g/mol. The van der Waals surface area contributed by atoms with E-state index < -0.39 is 0 Å². The molecule has 0 spiro atoms. The SMILES string of the molecule is Cn1ccnc1CCC1(CN)CCOc2ccccc21. The predicted molar refractivity (Wildman–Crippen MR) is 78.8 cm³/mol. The van der Waals surface area contributed by atoms with Crippen molar-refractivity contribution >= 4 is 0 Å². The van der Waals surface area contributed by atoms with Crippen LogP contribution in [0.3, 0.4) is 0 Å². The Morgan fingerprint density at radius 2 is 2.25 bits per heavy atom. The number of fused-ring (bicyclic) bond motifs is 1. The van der Waals surface area contributed by atoms with E-state index in [4.69, 9.17) is 10.5 Å². The second-order valence-electron chi connectivity index (χ2n) is 5.53. The van der Waals surface area contributed by atoms with E-state index in [2.05, 4.69) is 21.7 Å². The lowest BCUT2D eigenvalue weighted by molar-refractivity contribution is 0.208. The fourth-order valence-corrected chi connectivity index (χ4v) is 3.08. The molecular weight excluding hydrogens is 250 g/mol. The Hall–Kier alpha value is -1.81. The van der Waals surface area contributed by atoms with Gasteiger partial charge in [0.1, 0.15) is 11.6 Å². The molecule has 0 radical (unpaired) electrons. The lowest BCUT2D eigenvalue weighted by Crippen LogP contribution is -2.40. The second-order valence-corrected chi connectivity index (χ2v) is 5.53. The molecule has 4 heteroatoms. The molecule has 0 amide bonds. The minimum Gasteiger partial charge on any atom is -0.493 e. The number of nitrogens with zero attached hydrogens (tertiary/aromatic N) is 2. The monoisotopic (exact) mass is 271 g/mol. The van der Waals surface area contributed by atoms with Crippen LogP contribution in [-0.4, -0.2) is 22.7 Å². The van der Waals surface area contributed by atoms with Gasteiger partial charge in [0.15, 0.2) is 0 Å². The first kappa shape index (κ1) is 13.2. The van der Waals surface area contributed by atoms with Gasteiger partial charge in [-0.25, -0.2) is 4.98 Å². The lowest BCUT2D eigenvalue weighted by atomic mass is 9.72. The maximum atomic E-state index is 6.15. The number of hydrogen-bond acceptors (Lipinski definition) is 3. The Bertz CT molecular complexity index is 593. The Balaban J connectivity index is 1.87. The normalized spacial score (nSPS) is 21.3. The van der Waals surface area contributed by atoms with Gasteiger partial charge in [-0.05, 0) is 18.9 Å². The van der Waals surface area contributed by atoms with E-state index in [1.165, 1.54) is 5.56 Å². The van der Waals surface area contributed by atoms with Crippen LogP contribution in [-0.2, 0) is 18.9 Å². The number of nitrogens with two attached hydrogens (primary N) is 1. The van der Waals surface area contributed by atoms with Gasteiger partial charge in [-0.15, -0.1) is 0 Å². The molecule has 20 heavy (non-hydrogen) atoms. The largest absolute Gasteiger partial charge is 0.493 e. The molecule has 0 aliphatic carbocycles. The third-order valence-corrected chi connectivity index (χ3v) is 4.44. The molecule has 1 aromatic heterocycles. The molecule has 1 atom stereocenters. The minimum absolute atomic E-state index is 0.0147. The molecule has 106 valence electrons. The number of para-hydroxylation sites is 1. The first-order chi connectivity index (χ1) is 9.75. The third-order valence-electron chi connectivity index (χ3n) is 4.44. The van der Waals surface area contributed by atoms with Gasteiger partial charge in [0.25, 0.3) is 0 Å². The van der Waals surface area contributed by atoms with Crippen molar-refractivity contribution in [1.82, 2.24) is 9.55 Å². The predicted octanol–water partition coefficient (Wildman–Crippen LogP) is 2.03. The van der Waals surface area contributed by atoms with Crippen molar-refractivity contribution in [2.45, 2.75) is 24.7 Å². The van der Waals surface area contributed by atoms with Crippen LogP contribution in [0.15, 0.2) is 36.7 Å². The average Bonchev–Trinajstić information content (AvgIpc) is 2.90. The molecule has 2 heterocycles. The van der Waals surface area contributed by atoms with E-state index in [0.717, 1.165) is 37.4 Å². The summed E-state index contributed by atoms with van der Waals surface area (Å²) in [5, 5.41) is 0. The molecule has 2 aromatic rings. The van der Waals surface area contributed by atoms with E-state index >= 15 is 0 Å². The maximum Gasteiger partial charge on any atom is 0.123 e. The zero-order valence-corrected chi connectivity index (χ0v) is 11.9. The molecule has 4 nitrogen and oxygen atoms in total. The molecule has 0 bridgehead atoms. The second kappa shape index (κ2) is 5.29. The molecule has 1 unspecified atom stereocenters. The fourth-order valence-electron chi connectivity index (χ4n) is 3.08. The van der Waals surface area contributed by atoms with Crippen molar-refractivity contribution in [2.24, 2.45) is 12.8 Å². The number of rotatable bonds is 4. The van der Waals surface area contributed by atoms with Crippen LogP contribution < -0.4 is 10.5 Å². The van der Waals surface area contributed by atoms with Gasteiger partial charge in [0, 0.05) is 43.4 Å². The van der Waals surface area contributed by atoms with Crippen LogP contribution in [0, 0.1) is 0 Å². The Morgan fingerprint density at radius 1 is 1.40 bits per heavy atom. The van der Waals surface area contributed by atoms with Crippen molar-refractivity contribution in [3.63, 3.8) is 0 Å². The molecule has 0 saturated carbocycles. The highest BCUT2D eigenvalue weighted by Crippen LogP contribution is 2.41. The summed E-state index contributed by atoms with van der Waals surface area (Å²) in [5.74, 6) is 2.10. The smallest absolute Gasteiger partial charge is 0.123 e. The van der Waals surface area contributed by atoms with Crippen molar-refractivity contribution < 1.29 is 4.74 Å². The van der Waals surface area contributed by atoms with E-state index in [1.807, 2.05) is 31.6 Å². The van der Waals surface area contributed by atoms with E-state index in [1.54, 1.807) is 0 Å². The summed E-state index contributed by atoms with van der Waals surface area (Å²) in [6, 6.07) is 8.28. The Kier molecular flexibility index (Phi) is 3.49.